The van der Waals surface area contributed by atoms with Crippen LogP contribution in [0.2, 0.25) is 10.0 Å². The van der Waals surface area contributed by atoms with Gasteiger partial charge in [0.15, 0.2) is 0 Å². The van der Waals surface area contributed by atoms with Gasteiger partial charge in [-0.1, -0.05) is 39.1 Å². The van der Waals surface area contributed by atoms with Gasteiger partial charge in [-0.2, -0.15) is 10.2 Å². The van der Waals surface area contributed by atoms with Crippen LogP contribution in [0.25, 0.3) is 11.3 Å². The highest BCUT2D eigenvalue weighted by atomic mass is 79.9. The molecule has 0 bridgehead atoms. The van der Waals surface area contributed by atoms with Crippen LogP contribution < -0.4 is 5.43 Å². The Labute approximate surface area is 167 Å². The second-order valence-corrected chi connectivity index (χ2v) is 7.02. The van der Waals surface area contributed by atoms with Crippen molar-refractivity contribution in [3.8, 4) is 17.0 Å². The lowest BCUT2D eigenvalue weighted by atomic mass is 10.1. The predicted molar refractivity (Wildman–Crippen MR) is 105 cm³/mol. The number of aromatic hydroxyl groups is 1. The van der Waals surface area contributed by atoms with Crippen molar-refractivity contribution < 1.29 is 9.90 Å². The monoisotopic (exact) mass is 452 g/mol. The molecule has 3 aromatic rings. The van der Waals surface area contributed by atoms with Crippen molar-refractivity contribution in [3.05, 3.63) is 68.2 Å². The molecule has 1 heterocycles. The highest BCUT2D eigenvalue weighted by Crippen LogP contribution is 2.26. The molecule has 9 heteroatoms. The van der Waals surface area contributed by atoms with Gasteiger partial charge < -0.3 is 5.11 Å². The van der Waals surface area contributed by atoms with E-state index in [9.17, 15) is 9.90 Å². The molecular weight excluding hydrogens is 443 g/mol. The molecule has 6 nitrogen and oxygen atoms in total. The van der Waals surface area contributed by atoms with Crippen LogP contribution in [0.4, 0.5) is 0 Å². The predicted octanol–water partition coefficient (Wildman–Crippen LogP) is 4.62. The van der Waals surface area contributed by atoms with E-state index in [1.54, 1.807) is 36.4 Å². The molecule has 0 fully saturated rings. The maximum Gasteiger partial charge on any atom is 0.289 e. The number of hydrogen-bond donors (Lipinski definition) is 3. The van der Waals surface area contributed by atoms with Crippen LogP contribution in [0.15, 0.2) is 52.0 Å². The number of H-pyrrole nitrogens is 1. The smallest absolute Gasteiger partial charge is 0.289 e. The maximum absolute atomic E-state index is 12.1. The summed E-state index contributed by atoms with van der Waals surface area (Å²) in [5.41, 5.74) is 4.24. The van der Waals surface area contributed by atoms with Gasteiger partial charge >= 0.3 is 0 Å². The third kappa shape index (κ3) is 4.43. The first-order valence-electron chi connectivity index (χ1n) is 7.26. The van der Waals surface area contributed by atoms with Gasteiger partial charge in [0, 0.05) is 25.6 Å². The Bertz CT molecular complexity index is 984. The number of aromatic amines is 1. The van der Waals surface area contributed by atoms with E-state index >= 15 is 0 Å². The molecule has 0 saturated carbocycles. The van der Waals surface area contributed by atoms with E-state index in [-0.39, 0.29) is 11.4 Å². The number of carbonyl (C=O) groups is 1. The minimum atomic E-state index is -0.484. The Hall–Kier alpha value is -2.35. The first-order chi connectivity index (χ1) is 12.4. The normalized spacial score (nSPS) is 11.0. The maximum atomic E-state index is 12.1. The molecule has 0 radical (unpaired) electrons. The number of phenols is 1. The topological polar surface area (TPSA) is 90.4 Å². The van der Waals surface area contributed by atoms with Gasteiger partial charge in [-0.15, -0.1) is 0 Å². The van der Waals surface area contributed by atoms with Gasteiger partial charge in [0.05, 0.1) is 11.9 Å². The Balaban J connectivity index is 1.72. The second-order valence-electron chi connectivity index (χ2n) is 5.23. The number of phenolic OH excluding ortho intramolecular Hbond substituents is 1. The molecule has 0 saturated heterocycles. The van der Waals surface area contributed by atoms with Crippen LogP contribution in [0.3, 0.4) is 0 Å². The molecule has 1 amide bonds. The molecule has 0 atom stereocenters. The van der Waals surface area contributed by atoms with E-state index < -0.39 is 5.91 Å². The molecule has 26 heavy (non-hydrogen) atoms. The quantitative estimate of drug-likeness (QED) is 0.397. The summed E-state index contributed by atoms with van der Waals surface area (Å²) in [5.74, 6) is -0.435. The number of carbonyl (C=O) groups excluding carboxylic acids is 1. The number of amides is 1. The Morgan fingerprint density at radius 2 is 1.92 bits per heavy atom. The standard InChI is InChI=1S/C17H11BrCl2N4O2/c18-11-1-2-16(25)10(3-11)8-21-24-17(26)15-7-14(22-23-15)9-4-12(19)6-13(20)5-9/h1-8,25H,(H,22,23)(H,24,26)/b21-8-. The van der Waals surface area contributed by atoms with Gasteiger partial charge in [0.25, 0.3) is 5.91 Å². The Morgan fingerprint density at radius 3 is 2.65 bits per heavy atom. The van der Waals surface area contributed by atoms with Crippen molar-refractivity contribution in [1.82, 2.24) is 15.6 Å². The van der Waals surface area contributed by atoms with Gasteiger partial charge in [-0.05, 0) is 42.5 Å². The van der Waals surface area contributed by atoms with Gasteiger partial charge in [-0.25, -0.2) is 5.43 Å². The summed E-state index contributed by atoms with van der Waals surface area (Å²) in [6.07, 6.45) is 1.34. The van der Waals surface area contributed by atoms with Crippen LogP contribution in [0.5, 0.6) is 5.75 Å². The fraction of sp³-hybridized carbons (Fsp3) is 0. The van der Waals surface area contributed by atoms with Gasteiger partial charge in [0.2, 0.25) is 0 Å². The van der Waals surface area contributed by atoms with Crippen LogP contribution >= 0.6 is 39.1 Å². The van der Waals surface area contributed by atoms with Crippen molar-refractivity contribution in [1.29, 1.82) is 0 Å². The number of hydrogen-bond acceptors (Lipinski definition) is 4. The highest BCUT2D eigenvalue weighted by molar-refractivity contribution is 9.10. The minimum absolute atomic E-state index is 0.0489. The summed E-state index contributed by atoms with van der Waals surface area (Å²) in [7, 11) is 0. The summed E-state index contributed by atoms with van der Waals surface area (Å²) in [4.78, 5) is 12.1. The molecule has 0 spiro atoms. The molecule has 2 aromatic carbocycles. The number of benzene rings is 2. The van der Waals surface area contributed by atoms with Crippen LogP contribution in [-0.2, 0) is 0 Å². The fourth-order valence-corrected chi connectivity index (χ4v) is 3.04. The Morgan fingerprint density at radius 1 is 1.19 bits per heavy atom. The number of halogens is 3. The summed E-state index contributed by atoms with van der Waals surface area (Å²) < 4.78 is 0.779. The van der Waals surface area contributed by atoms with Crippen molar-refractivity contribution in [3.63, 3.8) is 0 Å². The number of nitrogens with zero attached hydrogens (tertiary/aromatic N) is 2. The Kier molecular flexibility index (Phi) is 5.61. The van der Waals surface area contributed by atoms with Crippen molar-refractivity contribution in [2.75, 3.05) is 0 Å². The molecule has 132 valence electrons. The molecule has 3 N–H and O–H groups in total. The van der Waals surface area contributed by atoms with E-state index in [1.807, 2.05) is 0 Å². The average molecular weight is 454 g/mol. The van der Waals surface area contributed by atoms with E-state index in [4.69, 9.17) is 23.2 Å². The number of rotatable bonds is 4. The first-order valence-corrected chi connectivity index (χ1v) is 8.81. The summed E-state index contributed by atoms with van der Waals surface area (Å²) in [6, 6.07) is 11.4. The van der Waals surface area contributed by atoms with Crippen molar-refractivity contribution >= 4 is 51.3 Å². The van der Waals surface area contributed by atoms with E-state index in [0.717, 1.165) is 4.47 Å². The SMILES string of the molecule is O=C(N/N=C\c1cc(Br)ccc1O)c1cc(-c2cc(Cl)cc(Cl)c2)n[nH]1. The zero-order chi connectivity index (χ0) is 18.7. The molecular formula is C17H11BrCl2N4O2. The molecule has 0 aliphatic rings. The zero-order valence-electron chi connectivity index (χ0n) is 13.0. The largest absolute Gasteiger partial charge is 0.507 e. The fourth-order valence-electron chi connectivity index (χ4n) is 2.14. The average Bonchev–Trinajstić information content (AvgIpc) is 3.07. The lowest BCUT2D eigenvalue weighted by molar-refractivity contribution is 0.0950. The third-order valence-electron chi connectivity index (χ3n) is 3.34. The minimum Gasteiger partial charge on any atom is -0.507 e. The summed E-state index contributed by atoms with van der Waals surface area (Å²) in [6.45, 7) is 0. The summed E-state index contributed by atoms with van der Waals surface area (Å²) >= 11 is 15.2. The van der Waals surface area contributed by atoms with E-state index in [0.29, 0.717) is 26.9 Å². The molecule has 0 aliphatic carbocycles. The van der Waals surface area contributed by atoms with Crippen molar-refractivity contribution in [2.24, 2.45) is 5.10 Å². The molecule has 1 aromatic heterocycles. The van der Waals surface area contributed by atoms with E-state index in [2.05, 4.69) is 36.7 Å². The lowest BCUT2D eigenvalue weighted by Crippen LogP contribution is -2.18. The van der Waals surface area contributed by atoms with Crippen molar-refractivity contribution in [2.45, 2.75) is 0 Å². The number of aromatic nitrogens is 2. The molecule has 3 rings (SSSR count). The molecule has 0 unspecified atom stereocenters. The first kappa shape index (κ1) is 18.4. The van der Waals surface area contributed by atoms with Crippen LogP contribution in [0.1, 0.15) is 16.1 Å². The van der Waals surface area contributed by atoms with Crippen LogP contribution in [-0.4, -0.2) is 27.4 Å². The number of hydrazone groups is 1. The van der Waals surface area contributed by atoms with Crippen LogP contribution in [0, 0.1) is 0 Å². The summed E-state index contributed by atoms with van der Waals surface area (Å²) in [5, 5.41) is 21.2. The highest BCUT2D eigenvalue weighted by Gasteiger charge is 2.11. The third-order valence-corrected chi connectivity index (χ3v) is 4.27. The zero-order valence-corrected chi connectivity index (χ0v) is 16.1. The lowest BCUT2D eigenvalue weighted by Gasteiger charge is -2.00. The van der Waals surface area contributed by atoms with E-state index in [1.165, 1.54) is 12.3 Å². The molecule has 0 aliphatic heterocycles. The number of nitrogens with one attached hydrogen (secondary N) is 2. The van der Waals surface area contributed by atoms with Gasteiger partial charge in [-0.3, -0.25) is 9.89 Å². The van der Waals surface area contributed by atoms with Gasteiger partial charge in [0.1, 0.15) is 11.4 Å². The second kappa shape index (κ2) is 7.90.